The highest BCUT2D eigenvalue weighted by Crippen LogP contribution is 2.29. The summed E-state index contributed by atoms with van der Waals surface area (Å²) in [6, 6.07) is 3.64. The molecule has 1 aromatic rings. The first kappa shape index (κ1) is 14.5. The lowest BCUT2D eigenvalue weighted by Crippen LogP contribution is -2.36. The first-order valence-electron chi connectivity index (χ1n) is 7.01. The van der Waals surface area contributed by atoms with Crippen LogP contribution in [0.3, 0.4) is 0 Å². The van der Waals surface area contributed by atoms with Gasteiger partial charge in [-0.2, -0.15) is 0 Å². The number of hydrogen-bond donors (Lipinski definition) is 2. The molecule has 5 nitrogen and oxygen atoms in total. The molecule has 0 saturated heterocycles. The van der Waals surface area contributed by atoms with Gasteiger partial charge in [-0.05, 0) is 37.8 Å². The monoisotopic (exact) mass is 276 g/mol. The van der Waals surface area contributed by atoms with Crippen LogP contribution in [0, 0.1) is 11.8 Å². The van der Waals surface area contributed by atoms with Gasteiger partial charge in [0, 0.05) is 18.3 Å². The zero-order valence-electron chi connectivity index (χ0n) is 11.6. The van der Waals surface area contributed by atoms with Crippen LogP contribution in [0.25, 0.3) is 0 Å². The van der Waals surface area contributed by atoms with Gasteiger partial charge >= 0.3 is 5.97 Å². The molecule has 0 bridgehead atoms. The number of nitrogens with zero attached hydrogens (tertiary/aromatic N) is 1. The van der Waals surface area contributed by atoms with Crippen LogP contribution in [0.5, 0.6) is 0 Å². The third kappa shape index (κ3) is 3.56. The summed E-state index contributed by atoms with van der Waals surface area (Å²) in [5.74, 6) is -1.41. The minimum Gasteiger partial charge on any atom is -0.481 e. The van der Waals surface area contributed by atoms with E-state index in [-0.39, 0.29) is 23.8 Å². The van der Waals surface area contributed by atoms with E-state index < -0.39 is 5.97 Å². The van der Waals surface area contributed by atoms with E-state index >= 15 is 0 Å². The van der Waals surface area contributed by atoms with Crippen LogP contribution in [0.15, 0.2) is 24.5 Å². The van der Waals surface area contributed by atoms with Crippen LogP contribution in [0.2, 0.25) is 0 Å². The Balaban J connectivity index is 1.93. The van der Waals surface area contributed by atoms with Gasteiger partial charge in [0.25, 0.3) is 0 Å². The third-order valence-corrected chi connectivity index (χ3v) is 3.94. The van der Waals surface area contributed by atoms with E-state index in [1.165, 1.54) is 0 Å². The molecule has 108 valence electrons. The largest absolute Gasteiger partial charge is 0.481 e. The Hall–Kier alpha value is -1.91. The maximum atomic E-state index is 12.2. The lowest BCUT2D eigenvalue weighted by Gasteiger charge is -2.27. The van der Waals surface area contributed by atoms with Gasteiger partial charge in [-0.1, -0.05) is 12.5 Å². The number of carboxylic acid groups (broad SMARTS) is 1. The fraction of sp³-hybridized carbons (Fsp3) is 0.533. The number of carbonyl (C=O) groups excluding carboxylic acids is 1. The van der Waals surface area contributed by atoms with Crippen molar-refractivity contribution >= 4 is 11.9 Å². The fourth-order valence-electron chi connectivity index (χ4n) is 2.70. The number of aliphatic carboxylic acids is 1. The summed E-state index contributed by atoms with van der Waals surface area (Å²) in [6.07, 6.45) is 6.12. The molecule has 1 saturated carbocycles. The van der Waals surface area contributed by atoms with Gasteiger partial charge in [0.15, 0.2) is 0 Å². The van der Waals surface area contributed by atoms with E-state index in [9.17, 15) is 9.59 Å². The van der Waals surface area contributed by atoms with Crippen LogP contribution < -0.4 is 5.32 Å². The highest BCUT2D eigenvalue weighted by molar-refractivity contribution is 5.80. The summed E-state index contributed by atoms with van der Waals surface area (Å²) in [6.45, 7) is 1.91. The summed E-state index contributed by atoms with van der Waals surface area (Å²) >= 11 is 0. The molecule has 2 rings (SSSR count). The third-order valence-electron chi connectivity index (χ3n) is 3.94. The molecule has 2 N–H and O–H groups in total. The number of rotatable bonds is 4. The first-order valence-corrected chi connectivity index (χ1v) is 7.01. The number of nitrogens with one attached hydrogen (secondary N) is 1. The number of carboxylic acids is 1. The lowest BCUT2D eigenvalue weighted by atomic mass is 9.81. The summed E-state index contributed by atoms with van der Waals surface area (Å²) in [7, 11) is 0. The van der Waals surface area contributed by atoms with Crippen molar-refractivity contribution in [3.05, 3.63) is 30.1 Å². The Morgan fingerprint density at radius 2 is 2.15 bits per heavy atom. The standard InChI is InChI=1S/C15H20N2O3/c1-10(13-6-3-7-16-9-13)17-14(18)11-4-2-5-12(8-11)15(19)20/h3,6-7,9-12H,2,4-5,8H2,1H3,(H,17,18)(H,19,20)/t10-,11-,12+/m0/s1. The second kappa shape index (κ2) is 6.50. The smallest absolute Gasteiger partial charge is 0.306 e. The number of hydrogen-bond acceptors (Lipinski definition) is 3. The predicted octanol–water partition coefficient (Wildman–Crippen LogP) is 2.15. The molecular formula is C15H20N2O3. The van der Waals surface area contributed by atoms with E-state index in [1.54, 1.807) is 12.4 Å². The number of carbonyl (C=O) groups is 2. The van der Waals surface area contributed by atoms with Gasteiger partial charge in [0.1, 0.15) is 0 Å². The molecule has 0 radical (unpaired) electrons. The molecule has 1 aliphatic rings. The zero-order chi connectivity index (χ0) is 14.5. The highest BCUT2D eigenvalue weighted by Gasteiger charge is 2.31. The molecule has 5 heteroatoms. The Bertz CT molecular complexity index is 475. The van der Waals surface area contributed by atoms with Crippen molar-refractivity contribution in [2.45, 2.75) is 38.6 Å². The molecule has 1 aromatic heterocycles. The Kier molecular flexibility index (Phi) is 4.71. The van der Waals surface area contributed by atoms with Gasteiger partial charge in [-0.3, -0.25) is 14.6 Å². The molecule has 3 atom stereocenters. The second-order valence-electron chi connectivity index (χ2n) is 5.42. The van der Waals surface area contributed by atoms with E-state index in [1.807, 2.05) is 19.1 Å². The fourth-order valence-corrected chi connectivity index (χ4v) is 2.70. The molecule has 0 aliphatic heterocycles. The van der Waals surface area contributed by atoms with Gasteiger partial charge in [0.05, 0.1) is 12.0 Å². The number of aromatic nitrogens is 1. The molecule has 1 aliphatic carbocycles. The predicted molar refractivity (Wildman–Crippen MR) is 73.9 cm³/mol. The zero-order valence-corrected chi connectivity index (χ0v) is 11.6. The minimum atomic E-state index is -0.789. The van der Waals surface area contributed by atoms with Gasteiger partial charge < -0.3 is 10.4 Å². The van der Waals surface area contributed by atoms with Crippen LogP contribution >= 0.6 is 0 Å². The molecule has 1 heterocycles. The highest BCUT2D eigenvalue weighted by atomic mass is 16.4. The Labute approximate surface area is 118 Å². The number of amides is 1. The topological polar surface area (TPSA) is 79.3 Å². The minimum absolute atomic E-state index is 0.0488. The molecular weight excluding hydrogens is 256 g/mol. The van der Waals surface area contributed by atoms with Crippen molar-refractivity contribution in [1.82, 2.24) is 10.3 Å². The Morgan fingerprint density at radius 3 is 2.80 bits per heavy atom. The van der Waals surface area contributed by atoms with Crippen LogP contribution in [0.4, 0.5) is 0 Å². The van der Waals surface area contributed by atoms with E-state index in [4.69, 9.17) is 5.11 Å². The maximum Gasteiger partial charge on any atom is 0.306 e. The van der Waals surface area contributed by atoms with Crippen LogP contribution in [-0.2, 0) is 9.59 Å². The lowest BCUT2D eigenvalue weighted by molar-refractivity contribution is -0.144. The summed E-state index contributed by atoms with van der Waals surface area (Å²) in [5, 5.41) is 12.0. The average molecular weight is 276 g/mol. The van der Waals surface area contributed by atoms with Crippen molar-refractivity contribution in [2.75, 3.05) is 0 Å². The van der Waals surface area contributed by atoms with Crippen LogP contribution in [-0.4, -0.2) is 22.0 Å². The van der Waals surface area contributed by atoms with Crippen molar-refractivity contribution in [2.24, 2.45) is 11.8 Å². The van der Waals surface area contributed by atoms with Crippen molar-refractivity contribution in [3.63, 3.8) is 0 Å². The molecule has 1 amide bonds. The van der Waals surface area contributed by atoms with Gasteiger partial charge in [-0.25, -0.2) is 0 Å². The quantitative estimate of drug-likeness (QED) is 0.883. The maximum absolute atomic E-state index is 12.2. The number of pyridine rings is 1. The van der Waals surface area contributed by atoms with Gasteiger partial charge in [0.2, 0.25) is 5.91 Å². The second-order valence-corrected chi connectivity index (χ2v) is 5.42. The first-order chi connectivity index (χ1) is 9.58. The van der Waals surface area contributed by atoms with E-state index in [0.29, 0.717) is 12.8 Å². The molecule has 0 spiro atoms. The van der Waals surface area contributed by atoms with E-state index in [0.717, 1.165) is 18.4 Å². The molecule has 0 unspecified atom stereocenters. The van der Waals surface area contributed by atoms with Crippen molar-refractivity contribution < 1.29 is 14.7 Å². The SMILES string of the molecule is C[C@H](NC(=O)[C@H]1CCC[C@@H](C(=O)O)C1)c1cccnc1. The molecule has 1 fully saturated rings. The van der Waals surface area contributed by atoms with E-state index in [2.05, 4.69) is 10.3 Å². The normalized spacial score (nSPS) is 23.9. The summed E-state index contributed by atoms with van der Waals surface area (Å²) in [4.78, 5) is 27.3. The molecule has 0 aromatic carbocycles. The average Bonchev–Trinajstić information content (AvgIpc) is 2.48. The van der Waals surface area contributed by atoms with Crippen molar-refractivity contribution in [1.29, 1.82) is 0 Å². The van der Waals surface area contributed by atoms with Crippen LogP contribution in [0.1, 0.15) is 44.2 Å². The Morgan fingerprint density at radius 1 is 1.40 bits per heavy atom. The summed E-state index contributed by atoms with van der Waals surface area (Å²) < 4.78 is 0. The summed E-state index contributed by atoms with van der Waals surface area (Å²) in [5.41, 5.74) is 0.950. The molecule has 20 heavy (non-hydrogen) atoms. The van der Waals surface area contributed by atoms with Crippen molar-refractivity contribution in [3.8, 4) is 0 Å². The van der Waals surface area contributed by atoms with Gasteiger partial charge in [-0.15, -0.1) is 0 Å².